The van der Waals surface area contributed by atoms with Crippen molar-refractivity contribution in [2.45, 2.75) is 60.4 Å². The van der Waals surface area contributed by atoms with Gasteiger partial charge in [0, 0.05) is 11.7 Å². The summed E-state index contributed by atoms with van der Waals surface area (Å²) >= 11 is 0. The van der Waals surface area contributed by atoms with Crippen molar-refractivity contribution in [1.29, 1.82) is 0 Å². The number of rotatable bonds is 8. The van der Waals surface area contributed by atoms with Gasteiger partial charge in [-0.15, -0.1) is 0 Å². The minimum Gasteiger partial charge on any atom is -0.335 e. The number of carbonyl (C=O) groups excluding carboxylic acids is 1. The highest BCUT2D eigenvalue weighted by molar-refractivity contribution is 5.90. The van der Waals surface area contributed by atoms with Gasteiger partial charge in [0.05, 0.1) is 0 Å². The van der Waals surface area contributed by atoms with E-state index in [0.29, 0.717) is 0 Å². The fourth-order valence-electron chi connectivity index (χ4n) is 2.71. The molecule has 0 aliphatic carbocycles. The third-order valence-corrected chi connectivity index (χ3v) is 4.47. The normalized spacial score (nSPS) is 12.3. The smallest absolute Gasteiger partial charge is 0.319 e. The SMILES string of the molecule is CCN(CC)CCCC(C)NC(=O)Nc1cc(C)c(C)cc1C. The lowest BCUT2D eigenvalue weighted by Crippen LogP contribution is -2.37. The fourth-order valence-corrected chi connectivity index (χ4v) is 2.71. The first kappa shape index (κ1) is 19.5. The van der Waals surface area contributed by atoms with Gasteiger partial charge in [0.2, 0.25) is 0 Å². The largest absolute Gasteiger partial charge is 0.335 e. The number of urea groups is 1. The van der Waals surface area contributed by atoms with Gasteiger partial charge in [-0.05, 0) is 82.9 Å². The van der Waals surface area contributed by atoms with Crippen LogP contribution in [0, 0.1) is 20.8 Å². The van der Waals surface area contributed by atoms with E-state index in [1.54, 1.807) is 0 Å². The van der Waals surface area contributed by atoms with Gasteiger partial charge in [-0.1, -0.05) is 19.9 Å². The molecule has 0 aromatic heterocycles. The molecule has 0 fully saturated rings. The standard InChI is InChI=1S/C19H33N3O/c1-7-22(8-2)11-9-10-17(6)20-19(23)21-18-13-15(4)14(3)12-16(18)5/h12-13,17H,7-11H2,1-6H3,(H2,20,21,23). The van der Waals surface area contributed by atoms with Crippen LogP contribution in [0.3, 0.4) is 0 Å². The van der Waals surface area contributed by atoms with Crippen LogP contribution in [0.25, 0.3) is 0 Å². The Morgan fingerprint density at radius 1 is 1.09 bits per heavy atom. The van der Waals surface area contributed by atoms with Crippen molar-refractivity contribution >= 4 is 11.7 Å². The molecule has 2 N–H and O–H groups in total. The Balaban J connectivity index is 2.43. The molecule has 130 valence electrons. The number of aryl methyl sites for hydroxylation is 3. The van der Waals surface area contributed by atoms with E-state index in [4.69, 9.17) is 0 Å². The summed E-state index contributed by atoms with van der Waals surface area (Å²) < 4.78 is 0. The lowest BCUT2D eigenvalue weighted by atomic mass is 10.1. The summed E-state index contributed by atoms with van der Waals surface area (Å²) in [6.45, 7) is 15.9. The molecule has 0 heterocycles. The number of nitrogens with zero attached hydrogens (tertiary/aromatic N) is 1. The topological polar surface area (TPSA) is 44.4 Å². The molecule has 0 bridgehead atoms. The first-order chi connectivity index (χ1) is 10.9. The van der Waals surface area contributed by atoms with Crippen molar-refractivity contribution in [2.24, 2.45) is 0 Å². The maximum absolute atomic E-state index is 12.1. The highest BCUT2D eigenvalue weighted by Crippen LogP contribution is 2.19. The molecule has 0 spiro atoms. The first-order valence-electron chi connectivity index (χ1n) is 8.75. The van der Waals surface area contributed by atoms with Crippen molar-refractivity contribution in [1.82, 2.24) is 10.2 Å². The summed E-state index contributed by atoms with van der Waals surface area (Å²) in [6, 6.07) is 4.21. The predicted molar refractivity (Wildman–Crippen MR) is 99.3 cm³/mol. The van der Waals surface area contributed by atoms with Crippen LogP contribution in [-0.4, -0.2) is 36.6 Å². The molecule has 0 aliphatic heterocycles. The molecular weight excluding hydrogens is 286 g/mol. The Hall–Kier alpha value is -1.55. The Kier molecular flexibility index (Phi) is 8.10. The van der Waals surface area contributed by atoms with E-state index >= 15 is 0 Å². The van der Waals surface area contributed by atoms with E-state index in [1.165, 1.54) is 11.1 Å². The second kappa shape index (κ2) is 9.56. The number of benzene rings is 1. The first-order valence-corrected chi connectivity index (χ1v) is 8.75. The molecule has 0 saturated heterocycles. The molecule has 1 unspecified atom stereocenters. The van der Waals surface area contributed by atoms with Gasteiger partial charge in [0.25, 0.3) is 0 Å². The maximum Gasteiger partial charge on any atom is 0.319 e. The van der Waals surface area contributed by atoms with Crippen LogP contribution in [0.2, 0.25) is 0 Å². The third kappa shape index (κ3) is 6.61. The molecule has 0 saturated carbocycles. The summed E-state index contributed by atoms with van der Waals surface area (Å²) in [5.74, 6) is 0. The van der Waals surface area contributed by atoms with Crippen LogP contribution in [0.5, 0.6) is 0 Å². The molecule has 1 rings (SSSR count). The number of amides is 2. The number of anilines is 1. The van der Waals surface area contributed by atoms with Gasteiger partial charge in [-0.25, -0.2) is 4.79 Å². The van der Waals surface area contributed by atoms with Crippen LogP contribution in [0.15, 0.2) is 12.1 Å². The van der Waals surface area contributed by atoms with Gasteiger partial charge >= 0.3 is 6.03 Å². The zero-order valence-electron chi connectivity index (χ0n) is 15.6. The molecular formula is C19H33N3O. The van der Waals surface area contributed by atoms with Gasteiger partial charge in [-0.2, -0.15) is 0 Å². The average molecular weight is 319 g/mol. The zero-order valence-corrected chi connectivity index (χ0v) is 15.6. The molecule has 4 heteroatoms. The Morgan fingerprint density at radius 3 is 2.30 bits per heavy atom. The van der Waals surface area contributed by atoms with E-state index in [9.17, 15) is 4.79 Å². The van der Waals surface area contributed by atoms with E-state index in [2.05, 4.69) is 56.2 Å². The average Bonchev–Trinajstić information content (AvgIpc) is 2.49. The van der Waals surface area contributed by atoms with Crippen molar-refractivity contribution in [3.05, 3.63) is 28.8 Å². The molecule has 1 atom stereocenters. The summed E-state index contributed by atoms with van der Waals surface area (Å²) in [7, 11) is 0. The summed E-state index contributed by atoms with van der Waals surface area (Å²) in [5.41, 5.74) is 4.43. The van der Waals surface area contributed by atoms with Crippen molar-refractivity contribution in [2.75, 3.05) is 25.0 Å². The van der Waals surface area contributed by atoms with Crippen LogP contribution in [0.4, 0.5) is 10.5 Å². The monoisotopic (exact) mass is 319 g/mol. The zero-order chi connectivity index (χ0) is 17.4. The second-order valence-electron chi connectivity index (χ2n) is 6.42. The van der Waals surface area contributed by atoms with Crippen molar-refractivity contribution in [3.63, 3.8) is 0 Å². The number of hydrogen-bond donors (Lipinski definition) is 2. The number of carbonyl (C=O) groups is 1. The number of nitrogens with one attached hydrogen (secondary N) is 2. The second-order valence-corrected chi connectivity index (χ2v) is 6.42. The van der Waals surface area contributed by atoms with Gasteiger partial charge < -0.3 is 15.5 Å². The fraction of sp³-hybridized carbons (Fsp3) is 0.632. The van der Waals surface area contributed by atoms with Crippen LogP contribution < -0.4 is 10.6 Å². The molecule has 1 aromatic carbocycles. The minimum atomic E-state index is -0.119. The quantitative estimate of drug-likeness (QED) is 0.752. The highest BCUT2D eigenvalue weighted by atomic mass is 16.2. The van der Waals surface area contributed by atoms with E-state index in [-0.39, 0.29) is 12.1 Å². The lowest BCUT2D eigenvalue weighted by molar-refractivity contribution is 0.247. The molecule has 1 aromatic rings. The van der Waals surface area contributed by atoms with Crippen LogP contribution in [-0.2, 0) is 0 Å². The molecule has 4 nitrogen and oxygen atoms in total. The van der Waals surface area contributed by atoms with E-state index in [1.807, 2.05) is 13.0 Å². The predicted octanol–water partition coefficient (Wildman–Crippen LogP) is 4.24. The summed E-state index contributed by atoms with van der Waals surface area (Å²) in [6.07, 6.45) is 2.10. The van der Waals surface area contributed by atoms with E-state index in [0.717, 1.165) is 43.7 Å². The molecule has 23 heavy (non-hydrogen) atoms. The lowest BCUT2D eigenvalue weighted by Gasteiger charge is -2.20. The van der Waals surface area contributed by atoms with Crippen LogP contribution in [0.1, 0.15) is 50.3 Å². The summed E-state index contributed by atoms with van der Waals surface area (Å²) in [4.78, 5) is 14.6. The van der Waals surface area contributed by atoms with E-state index < -0.39 is 0 Å². The number of hydrogen-bond acceptors (Lipinski definition) is 2. The molecule has 0 aliphatic rings. The van der Waals surface area contributed by atoms with Gasteiger partial charge in [0.15, 0.2) is 0 Å². The van der Waals surface area contributed by atoms with Gasteiger partial charge in [-0.3, -0.25) is 0 Å². The Labute approximate surface area is 141 Å². The third-order valence-electron chi connectivity index (χ3n) is 4.47. The highest BCUT2D eigenvalue weighted by Gasteiger charge is 2.10. The Morgan fingerprint density at radius 2 is 1.70 bits per heavy atom. The van der Waals surface area contributed by atoms with Crippen LogP contribution >= 0.6 is 0 Å². The maximum atomic E-state index is 12.1. The molecule has 0 radical (unpaired) electrons. The minimum absolute atomic E-state index is 0.119. The Bertz CT molecular complexity index is 510. The summed E-state index contributed by atoms with van der Waals surface area (Å²) in [5, 5.41) is 6.00. The van der Waals surface area contributed by atoms with Crippen molar-refractivity contribution in [3.8, 4) is 0 Å². The van der Waals surface area contributed by atoms with Gasteiger partial charge in [0.1, 0.15) is 0 Å². The molecule has 2 amide bonds. The van der Waals surface area contributed by atoms with Crippen molar-refractivity contribution < 1.29 is 4.79 Å².